The lowest BCUT2D eigenvalue weighted by molar-refractivity contribution is -0.134. The molecule has 2 heterocycles. The molecular formula is C13H18Cl2N4O3. The fourth-order valence-corrected chi connectivity index (χ4v) is 2.72. The van der Waals surface area contributed by atoms with Gasteiger partial charge in [0.25, 0.3) is 5.91 Å². The van der Waals surface area contributed by atoms with Crippen LogP contribution in [0.15, 0.2) is 6.07 Å². The maximum atomic E-state index is 12.1. The van der Waals surface area contributed by atoms with Gasteiger partial charge >= 0.3 is 0 Å². The molecule has 7 nitrogen and oxygen atoms in total. The highest BCUT2D eigenvalue weighted by Crippen LogP contribution is 2.22. The van der Waals surface area contributed by atoms with Gasteiger partial charge in [-0.3, -0.25) is 4.79 Å². The molecule has 122 valence electrons. The number of rotatable bonds is 6. The largest absolute Gasteiger partial charge is 0.381 e. The second kappa shape index (κ2) is 7.92. The molecule has 2 rings (SSSR count). The predicted molar refractivity (Wildman–Crippen MR) is 83.5 cm³/mol. The number of carbonyl (C=O) groups excluding carboxylic acids is 1. The van der Waals surface area contributed by atoms with Crippen LogP contribution in [0.4, 0.5) is 5.82 Å². The molecule has 0 spiro atoms. The Labute approximate surface area is 138 Å². The summed E-state index contributed by atoms with van der Waals surface area (Å²) >= 11 is 11.7. The Bertz CT molecular complexity index is 512. The summed E-state index contributed by atoms with van der Waals surface area (Å²) in [6, 6.07) is 1.66. The van der Waals surface area contributed by atoms with Gasteiger partial charge in [0.2, 0.25) is 5.28 Å². The first kappa shape index (κ1) is 17.2. The lowest BCUT2D eigenvalue weighted by atomic mass is 10.2. The van der Waals surface area contributed by atoms with Gasteiger partial charge in [-0.1, -0.05) is 11.6 Å². The van der Waals surface area contributed by atoms with Crippen molar-refractivity contribution in [1.82, 2.24) is 15.3 Å². The van der Waals surface area contributed by atoms with E-state index in [4.69, 9.17) is 32.7 Å². The van der Waals surface area contributed by atoms with Crippen LogP contribution in [0.1, 0.15) is 6.42 Å². The first-order chi connectivity index (χ1) is 10.5. The molecule has 1 aromatic heterocycles. The Balaban J connectivity index is 1.93. The van der Waals surface area contributed by atoms with E-state index < -0.39 is 6.10 Å². The third-order valence-electron chi connectivity index (χ3n) is 3.41. The van der Waals surface area contributed by atoms with E-state index in [1.165, 1.54) is 14.2 Å². The van der Waals surface area contributed by atoms with Crippen LogP contribution in [-0.4, -0.2) is 61.9 Å². The van der Waals surface area contributed by atoms with Gasteiger partial charge in [0.05, 0.1) is 6.61 Å². The zero-order chi connectivity index (χ0) is 16.1. The minimum Gasteiger partial charge on any atom is -0.381 e. The predicted octanol–water partition coefficient (Wildman–Crippen LogP) is 1.14. The van der Waals surface area contributed by atoms with E-state index in [9.17, 15) is 4.79 Å². The molecular weight excluding hydrogens is 331 g/mol. The smallest absolute Gasteiger partial charge is 0.251 e. The van der Waals surface area contributed by atoms with E-state index in [1.807, 2.05) is 4.90 Å². The molecule has 0 bridgehead atoms. The van der Waals surface area contributed by atoms with Gasteiger partial charge in [0.15, 0.2) is 6.10 Å². The molecule has 2 unspecified atom stereocenters. The zero-order valence-corrected chi connectivity index (χ0v) is 13.9. The van der Waals surface area contributed by atoms with Gasteiger partial charge in [0.1, 0.15) is 11.0 Å². The third-order valence-corrected chi connectivity index (χ3v) is 3.77. The molecule has 1 amide bonds. The molecule has 1 fully saturated rings. The number of hydrogen-bond donors (Lipinski definition) is 1. The molecule has 22 heavy (non-hydrogen) atoms. The van der Waals surface area contributed by atoms with Crippen LogP contribution in [0.2, 0.25) is 10.4 Å². The molecule has 0 aliphatic carbocycles. The van der Waals surface area contributed by atoms with Crippen molar-refractivity contribution in [2.75, 3.05) is 38.8 Å². The SMILES string of the molecule is COCC(OC)C(=O)NC1CCN(c2cc(Cl)nc(Cl)n2)C1. The Morgan fingerprint density at radius 2 is 2.27 bits per heavy atom. The van der Waals surface area contributed by atoms with E-state index in [-0.39, 0.29) is 23.8 Å². The van der Waals surface area contributed by atoms with Crippen LogP contribution in [0, 0.1) is 0 Å². The van der Waals surface area contributed by atoms with Crippen molar-refractivity contribution in [1.29, 1.82) is 0 Å². The molecule has 1 saturated heterocycles. The molecule has 0 aromatic carbocycles. The first-order valence-corrected chi connectivity index (χ1v) is 7.56. The van der Waals surface area contributed by atoms with Gasteiger partial charge in [-0.25, -0.2) is 9.97 Å². The number of halogens is 2. The quantitative estimate of drug-likeness (QED) is 0.613. The summed E-state index contributed by atoms with van der Waals surface area (Å²) in [6.07, 6.45) is 0.191. The van der Waals surface area contributed by atoms with Crippen LogP contribution < -0.4 is 10.2 Å². The summed E-state index contributed by atoms with van der Waals surface area (Å²) in [4.78, 5) is 22.0. The second-order valence-corrected chi connectivity index (χ2v) is 5.66. The topological polar surface area (TPSA) is 76.6 Å². The van der Waals surface area contributed by atoms with Crippen molar-refractivity contribution < 1.29 is 14.3 Å². The number of aromatic nitrogens is 2. The van der Waals surface area contributed by atoms with Crippen molar-refractivity contribution in [2.24, 2.45) is 0 Å². The number of nitrogens with one attached hydrogen (secondary N) is 1. The average molecular weight is 349 g/mol. The summed E-state index contributed by atoms with van der Waals surface area (Å²) in [5, 5.41) is 3.35. The van der Waals surface area contributed by atoms with Gasteiger partial charge in [-0.05, 0) is 18.0 Å². The summed E-state index contributed by atoms with van der Waals surface area (Å²) in [6.45, 7) is 1.59. The van der Waals surface area contributed by atoms with Crippen LogP contribution in [-0.2, 0) is 14.3 Å². The molecule has 2 atom stereocenters. The fourth-order valence-electron chi connectivity index (χ4n) is 2.32. The van der Waals surface area contributed by atoms with E-state index >= 15 is 0 Å². The van der Waals surface area contributed by atoms with E-state index in [0.29, 0.717) is 17.5 Å². The molecule has 0 saturated carbocycles. The number of methoxy groups -OCH3 is 2. The average Bonchev–Trinajstić information content (AvgIpc) is 2.92. The maximum Gasteiger partial charge on any atom is 0.251 e. The van der Waals surface area contributed by atoms with Crippen molar-refractivity contribution in [3.63, 3.8) is 0 Å². The zero-order valence-electron chi connectivity index (χ0n) is 12.4. The van der Waals surface area contributed by atoms with E-state index in [1.54, 1.807) is 6.07 Å². The van der Waals surface area contributed by atoms with E-state index in [0.717, 1.165) is 13.0 Å². The number of anilines is 1. The normalized spacial score (nSPS) is 19.3. The standard InChI is InChI=1S/C13H18Cl2N4O3/c1-21-7-9(22-2)12(20)16-8-3-4-19(6-8)11-5-10(14)17-13(15)18-11/h5,8-9H,3-4,6-7H2,1-2H3,(H,16,20). The molecule has 1 N–H and O–H groups in total. The monoisotopic (exact) mass is 348 g/mol. The Morgan fingerprint density at radius 1 is 1.50 bits per heavy atom. The van der Waals surface area contributed by atoms with Gasteiger partial charge in [-0.15, -0.1) is 0 Å². The van der Waals surface area contributed by atoms with E-state index in [2.05, 4.69) is 15.3 Å². The molecule has 1 aromatic rings. The summed E-state index contributed by atoms with van der Waals surface area (Å²) in [5.41, 5.74) is 0. The van der Waals surface area contributed by atoms with Gasteiger partial charge in [0, 0.05) is 39.4 Å². The van der Waals surface area contributed by atoms with Crippen LogP contribution >= 0.6 is 23.2 Å². The minimum absolute atomic E-state index is 0.00882. The molecule has 0 radical (unpaired) electrons. The van der Waals surface area contributed by atoms with Crippen molar-refractivity contribution in [3.05, 3.63) is 16.5 Å². The molecule has 1 aliphatic rings. The maximum absolute atomic E-state index is 12.1. The molecule has 1 aliphatic heterocycles. The van der Waals surface area contributed by atoms with Crippen molar-refractivity contribution in [3.8, 4) is 0 Å². The number of nitrogens with zero attached hydrogens (tertiary/aromatic N) is 3. The lowest BCUT2D eigenvalue weighted by Gasteiger charge is -2.20. The Hall–Kier alpha value is -1.15. The van der Waals surface area contributed by atoms with Crippen LogP contribution in [0.25, 0.3) is 0 Å². The van der Waals surface area contributed by atoms with Gasteiger partial charge in [-0.2, -0.15) is 0 Å². The molecule has 9 heteroatoms. The third kappa shape index (κ3) is 4.42. The number of amides is 1. The van der Waals surface area contributed by atoms with Gasteiger partial charge < -0.3 is 19.7 Å². The Morgan fingerprint density at radius 3 is 2.91 bits per heavy atom. The lowest BCUT2D eigenvalue weighted by Crippen LogP contribution is -2.45. The number of ether oxygens (including phenoxy) is 2. The first-order valence-electron chi connectivity index (χ1n) is 6.80. The summed E-state index contributed by atoms with van der Waals surface area (Å²) in [7, 11) is 3.01. The minimum atomic E-state index is -0.609. The number of hydrogen-bond acceptors (Lipinski definition) is 6. The Kier molecular flexibility index (Phi) is 6.19. The fraction of sp³-hybridized carbons (Fsp3) is 0.615. The van der Waals surface area contributed by atoms with Crippen molar-refractivity contribution in [2.45, 2.75) is 18.6 Å². The van der Waals surface area contributed by atoms with Crippen LogP contribution in [0.5, 0.6) is 0 Å². The summed E-state index contributed by atoms with van der Waals surface area (Å²) < 4.78 is 10.1. The highest BCUT2D eigenvalue weighted by Gasteiger charge is 2.28. The highest BCUT2D eigenvalue weighted by atomic mass is 35.5. The highest BCUT2D eigenvalue weighted by molar-refractivity contribution is 6.32. The summed E-state index contributed by atoms with van der Waals surface area (Å²) in [5.74, 6) is 0.469. The van der Waals surface area contributed by atoms with Crippen LogP contribution in [0.3, 0.4) is 0 Å². The number of carbonyl (C=O) groups is 1. The van der Waals surface area contributed by atoms with Crippen molar-refractivity contribution >= 4 is 34.9 Å². The second-order valence-electron chi connectivity index (χ2n) is 4.94.